The van der Waals surface area contributed by atoms with Gasteiger partial charge in [0.15, 0.2) is 6.04 Å². The third kappa shape index (κ3) is 3.65. The number of carboxylic acid groups (broad SMARTS) is 1. The number of hydrogen-bond acceptors (Lipinski definition) is 5. The summed E-state index contributed by atoms with van der Waals surface area (Å²) in [7, 11) is 0. The van der Waals surface area contributed by atoms with Crippen LogP contribution in [0.15, 0.2) is 30.3 Å². The van der Waals surface area contributed by atoms with Gasteiger partial charge in [-0.2, -0.15) is 0 Å². The number of carbonyl (C=O) groups excluding carboxylic acids is 2. The number of aliphatic carboxylic acids is 1. The molecule has 2 fully saturated rings. The van der Waals surface area contributed by atoms with Gasteiger partial charge in [-0.15, -0.1) is 0 Å². The minimum Gasteiger partial charge on any atom is -0.480 e. The third-order valence-electron chi connectivity index (χ3n) is 4.88. The van der Waals surface area contributed by atoms with Gasteiger partial charge in [-0.05, 0) is 24.8 Å². The number of benzene rings is 1. The Hall–Kier alpha value is -2.61. The zero-order valence-electron chi connectivity index (χ0n) is 14.3. The Morgan fingerprint density at radius 3 is 2.50 bits per heavy atom. The van der Waals surface area contributed by atoms with Crippen LogP contribution in [-0.2, 0) is 20.9 Å². The molecule has 0 saturated carbocycles. The molecule has 26 heavy (non-hydrogen) atoms. The summed E-state index contributed by atoms with van der Waals surface area (Å²) in [5, 5.41) is 19.1. The van der Waals surface area contributed by atoms with Crippen LogP contribution in [0, 0.1) is 0 Å². The van der Waals surface area contributed by atoms with Gasteiger partial charge in [0, 0.05) is 13.1 Å². The first-order chi connectivity index (χ1) is 12.5. The van der Waals surface area contributed by atoms with E-state index in [1.54, 1.807) is 0 Å². The lowest BCUT2D eigenvalue weighted by atomic mass is 10.1. The first-order valence-corrected chi connectivity index (χ1v) is 8.67. The van der Waals surface area contributed by atoms with Gasteiger partial charge in [-0.25, -0.2) is 9.59 Å². The normalized spacial score (nSPS) is 25.3. The molecule has 0 aliphatic carbocycles. The molecule has 3 rings (SSSR count). The predicted molar refractivity (Wildman–Crippen MR) is 90.1 cm³/mol. The fourth-order valence-electron chi connectivity index (χ4n) is 3.56. The Balaban J connectivity index is 1.64. The van der Waals surface area contributed by atoms with E-state index in [-0.39, 0.29) is 19.6 Å². The smallest absolute Gasteiger partial charge is 0.410 e. The van der Waals surface area contributed by atoms with Gasteiger partial charge in [0.1, 0.15) is 12.6 Å². The maximum absolute atomic E-state index is 12.8. The molecule has 1 aromatic rings. The molecule has 2 N–H and O–H groups in total. The second-order valence-corrected chi connectivity index (χ2v) is 6.56. The summed E-state index contributed by atoms with van der Waals surface area (Å²) in [5.41, 5.74) is 0.844. The van der Waals surface area contributed by atoms with Crippen molar-refractivity contribution in [2.24, 2.45) is 0 Å². The van der Waals surface area contributed by atoms with E-state index in [1.165, 1.54) is 9.80 Å². The fraction of sp³-hybridized carbons (Fsp3) is 0.500. The lowest BCUT2D eigenvalue weighted by Crippen LogP contribution is -2.52. The number of nitrogens with zero attached hydrogens (tertiary/aromatic N) is 2. The maximum Gasteiger partial charge on any atom is 0.410 e. The number of likely N-dealkylation sites (tertiary alicyclic amines) is 2. The van der Waals surface area contributed by atoms with E-state index < -0.39 is 36.2 Å². The Morgan fingerprint density at radius 2 is 1.81 bits per heavy atom. The molecule has 1 unspecified atom stereocenters. The molecule has 1 aromatic carbocycles. The first kappa shape index (κ1) is 18.2. The predicted octanol–water partition coefficient (Wildman–Crippen LogP) is 0.834. The second kappa shape index (κ2) is 7.74. The van der Waals surface area contributed by atoms with Crippen LogP contribution >= 0.6 is 0 Å². The van der Waals surface area contributed by atoms with Gasteiger partial charge in [-0.3, -0.25) is 9.69 Å². The van der Waals surface area contributed by atoms with E-state index in [2.05, 4.69) is 0 Å². The quantitative estimate of drug-likeness (QED) is 0.822. The summed E-state index contributed by atoms with van der Waals surface area (Å²) in [4.78, 5) is 39.1. The minimum atomic E-state index is -1.26. The highest BCUT2D eigenvalue weighted by Crippen LogP contribution is 2.26. The van der Waals surface area contributed by atoms with Crippen molar-refractivity contribution < 1.29 is 29.3 Å². The summed E-state index contributed by atoms with van der Waals surface area (Å²) in [6.45, 7) is 0.662. The monoisotopic (exact) mass is 362 g/mol. The maximum atomic E-state index is 12.8. The number of ether oxygens (including phenoxy) is 1. The van der Waals surface area contributed by atoms with E-state index in [0.29, 0.717) is 19.4 Å². The number of carboxylic acids is 1. The highest BCUT2D eigenvalue weighted by molar-refractivity contribution is 5.90. The lowest BCUT2D eigenvalue weighted by Gasteiger charge is -2.29. The molecule has 2 aliphatic rings. The van der Waals surface area contributed by atoms with Crippen molar-refractivity contribution in [3.8, 4) is 0 Å². The van der Waals surface area contributed by atoms with E-state index in [4.69, 9.17) is 4.74 Å². The number of hydrogen-bond donors (Lipinski definition) is 2. The van der Waals surface area contributed by atoms with Gasteiger partial charge in [0.05, 0.1) is 6.10 Å². The second-order valence-electron chi connectivity index (χ2n) is 6.56. The van der Waals surface area contributed by atoms with Gasteiger partial charge in [0.2, 0.25) is 5.91 Å². The highest BCUT2D eigenvalue weighted by Gasteiger charge is 2.46. The molecular formula is C18H22N2O6. The summed E-state index contributed by atoms with van der Waals surface area (Å²) < 4.78 is 5.30. The summed E-state index contributed by atoms with van der Waals surface area (Å²) in [6, 6.07) is 7.22. The van der Waals surface area contributed by atoms with Crippen molar-refractivity contribution in [3.05, 3.63) is 35.9 Å². The minimum absolute atomic E-state index is 0.108. The molecule has 2 heterocycles. The molecular weight excluding hydrogens is 340 g/mol. The van der Waals surface area contributed by atoms with Crippen molar-refractivity contribution in [1.29, 1.82) is 0 Å². The Kier molecular flexibility index (Phi) is 5.41. The van der Waals surface area contributed by atoms with Crippen LogP contribution in [0.1, 0.15) is 24.8 Å². The zero-order chi connectivity index (χ0) is 18.7. The van der Waals surface area contributed by atoms with Gasteiger partial charge in [0.25, 0.3) is 0 Å². The Morgan fingerprint density at radius 1 is 1.08 bits per heavy atom. The summed E-state index contributed by atoms with van der Waals surface area (Å²) in [5.74, 6) is -1.68. The van der Waals surface area contributed by atoms with Crippen LogP contribution in [0.4, 0.5) is 4.79 Å². The first-order valence-electron chi connectivity index (χ1n) is 8.67. The summed E-state index contributed by atoms with van der Waals surface area (Å²) >= 11 is 0. The molecule has 2 saturated heterocycles. The van der Waals surface area contributed by atoms with Gasteiger partial charge in [-0.1, -0.05) is 30.3 Å². The molecule has 0 bridgehead atoms. The SMILES string of the molecule is O=C(O)[C@@H]1C(O)CCN1C(=O)[C@@H]1CCCN1C(=O)OCc1ccccc1. The number of aliphatic hydroxyl groups is 1. The van der Waals surface area contributed by atoms with Crippen LogP contribution < -0.4 is 0 Å². The zero-order valence-corrected chi connectivity index (χ0v) is 14.3. The van der Waals surface area contributed by atoms with E-state index in [1.807, 2.05) is 30.3 Å². The molecule has 8 nitrogen and oxygen atoms in total. The van der Waals surface area contributed by atoms with E-state index in [9.17, 15) is 24.6 Å². The lowest BCUT2D eigenvalue weighted by molar-refractivity contribution is -0.152. The summed E-state index contributed by atoms with van der Waals surface area (Å²) in [6.07, 6.45) is -0.357. The van der Waals surface area contributed by atoms with Crippen LogP contribution in [0.3, 0.4) is 0 Å². The number of carbonyl (C=O) groups is 3. The van der Waals surface area contributed by atoms with Crippen molar-refractivity contribution in [2.45, 2.75) is 44.1 Å². The molecule has 2 amide bonds. The van der Waals surface area contributed by atoms with Crippen LogP contribution in [0.2, 0.25) is 0 Å². The van der Waals surface area contributed by atoms with Gasteiger partial charge < -0.3 is 19.8 Å². The standard InChI is InChI=1S/C18H22N2O6/c21-14-8-10-20(15(14)17(23)24)16(22)13-7-4-9-19(13)18(25)26-11-12-5-2-1-3-6-12/h1-3,5-6,13-15,21H,4,7-11H2,(H,23,24)/t13-,14?,15-/m0/s1. The average Bonchev–Trinajstić information content (AvgIpc) is 3.26. The van der Waals surface area contributed by atoms with Crippen molar-refractivity contribution in [2.75, 3.05) is 13.1 Å². The number of amides is 2. The largest absolute Gasteiger partial charge is 0.480 e. The van der Waals surface area contributed by atoms with Crippen LogP contribution in [0.25, 0.3) is 0 Å². The Labute approximate surface area is 151 Å². The molecule has 2 aliphatic heterocycles. The van der Waals surface area contributed by atoms with Crippen LogP contribution in [-0.4, -0.2) is 69.3 Å². The molecule has 8 heteroatoms. The van der Waals surface area contributed by atoms with Gasteiger partial charge >= 0.3 is 12.1 Å². The van der Waals surface area contributed by atoms with Crippen molar-refractivity contribution >= 4 is 18.0 Å². The van der Waals surface area contributed by atoms with E-state index >= 15 is 0 Å². The van der Waals surface area contributed by atoms with Crippen LogP contribution in [0.5, 0.6) is 0 Å². The number of rotatable bonds is 4. The fourth-order valence-corrected chi connectivity index (χ4v) is 3.56. The third-order valence-corrected chi connectivity index (χ3v) is 4.88. The average molecular weight is 362 g/mol. The van der Waals surface area contributed by atoms with Crippen molar-refractivity contribution in [3.63, 3.8) is 0 Å². The Bertz CT molecular complexity index is 680. The highest BCUT2D eigenvalue weighted by atomic mass is 16.6. The van der Waals surface area contributed by atoms with E-state index in [0.717, 1.165) is 5.56 Å². The number of aliphatic hydroxyl groups excluding tert-OH is 1. The topological polar surface area (TPSA) is 107 Å². The van der Waals surface area contributed by atoms with Crippen molar-refractivity contribution in [1.82, 2.24) is 9.80 Å². The molecule has 0 radical (unpaired) electrons. The molecule has 3 atom stereocenters. The molecule has 0 spiro atoms. The molecule has 0 aromatic heterocycles. The molecule has 140 valence electrons.